The van der Waals surface area contributed by atoms with Gasteiger partial charge in [-0.05, 0) is 41.0 Å². The summed E-state index contributed by atoms with van der Waals surface area (Å²) in [6.07, 6.45) is 2.13. The molecule has 0 aliphatic carbocycles. The van der Waals surface area contributed by atoms with E-state index in [9.17, 15) is 4.39 Å². The summed E-state index contributed by atoms with van der Waals surface area (Å²) in [4.78, 5) is 4.59. The summed E-state index contributed by atoms with van der Waals surface area (Å²) < 4.78 is 20.0. The summed E-state index contributed by atoms with van der Waals surface area (Å²) >= 11 is 6.09. The first-order valence-electron chi connectivity index (χ1n) is 12.5. The zero-order valence-corrected chi connectivity index (χ0v) is 22.5. The van der Waals surface area contributed by atoms with Gasteiger partial charge in [0, 0.05) is 12.1 Å². The standard InChI is InChI=1S/C22H20ClFN2O.C3H8.2C2H6/c1-2-11-27-21-17(22-25-9-10-26-22)12-14-5-3-4-6-16(14)20(21)15-7-8-19(24)18(23)13-15;1-3-2;2*1-2/h3-8,12-13H,2,9-11H2,1H3,(H,25,26);3H2,1-2H3;2*1-2H3. The highest BCUT2D eigenvalue weighted by Gasteiger charge is 2.21. The number of rotatable bonds is 5. The molecular formula is C29H40ClFN2O. The maximum absolute atomic E-state index is 13.8. The lowest BCUT2D eigenvalue weighted by atomic mass is 9.93. The van der Waals surface area contributed by atoms with Gasteiger partial charge in [0.2, 0.25) is 0 Å². The van der Waals surface area contributed by atoms with Gasteiger partial charge in [-0.1, -0.05) is 96.8 Å². The minimum absolute atomic E-state index is 0.0970. The number of ether oxygens (including phenoxy) is 1. The Balaban J connectivity index is 0.000000750. The van der Waals surface area contributed by atoms with Crippen LogP contribution in [0.3, 0.4) is 0 Å². The van der Waals surface area contributed by atoms with Crippen molar-refractivity contribution in [2.45, 2.75) is 61.3 Å². The first-order chi connectivity index (χ1) is 16.6. The number of nitrogens with zero attached hydrogens (tertiary/aromatic N) is 1. The van der Waals surface area contributed by atoms with Crippen LogP contribution in [0.2, 0.25) is 5.02 Å². The maximum Gasteiger partial charge on any atom is 0.141 e. The number of benzene rings is 3. The summed E-state index contributed by atoms with van der Waals surface area (Å²) in [6, 6.07) is 15.0. The fourth-order valence-corrected chi connectivity index (χ4v) is 3.56. The molecule has 3 aromatic carbocycles. The Hall–Kier alpha value is -2.59. The van der Waals surface area contributed by atoms with Crippen molar-refractivity contribution >= 4 is 28.2 Å². The van der Waals surface area contributed by atoms with E-state index in [1.165, 1.54) is 12.5 Å². The Morgan fingerprint density at radius 1 is 1.00 bits per heavy atom. The Bertz CT molecular complexity index is 1050. The lowest BCUT2D eigenvalue weighted by molar-refractivity contribution is 0.318. The van der Waals surface area contributed by atoms with Crippen molar-refractivity contribution in [2.75, 3.05) is 19.7 Å². The molecule has 3 aromatic rings. The van der Waals surface area contributed by atoms with Crippen LogP contribution < -0.4 is 10.1 Å². The topological polar surface area (TPSA) is 33.6 Å². The van der Waals surface area contributed by atoms with Crippen LogP contribution in [0.4, 0.5) is 4.39 Å². The molecule has 1 aliphatic rings. The molecule has 4 rings (SSSR count). The van der Waals surface area contributed by atoms with Gasteiger partial charge in [-0.2, -0.15) is 0 Å². The molecule has 0 radical (unpaired) electrons. The molecule has 0 saturated carbocycles. The molecule has 34 heavy (non-hydrogen) atoms. The highest BCUT2D eigenvalue weighted by molar-refractivity contribution is 6.31. The van der Waals surface area contributed by atoms with Crippen molar-refractivity contribution in [1.29, 1.82) is 0 Å². The van der Waals surface area contributed by atoms with E-state index in [2.05, 4.69) is 49.3 Å². The Labute approximate surface area is 210 Å². The van der Waals surface area contributed by atoms with Crippen molar-refractivity contribution in [1.82, 2.24) is 5.32 Å². The number of nitrogens with one attached hydrogen (secondary N) is 1. The molecule has 1 N–H and O–H groups in total. The highest BCUT2D eigenvalue weighted by Crippen LogP contribution is 2.41. The second kappa shape index (κ2) is 16.1. The zero-order chi connectivity index (χ0) is 25.5. The number of halogens is 2. The van der Waals surface area contributed by atoms with Gasteiger partial charge in [0.15, 0.2) is 0 Å². The molecule has 1 aliphatic heterocycles. The van der Waals surface area contributed by atoms with Crippen LogP contribution in [0, 0.1) is 5.82 Å². The Morgan fingerprint density at radius 2 is 1.68 bits per heavy atom. The summed E-state index contributed by atoms with van der Waals surface area (Å²) in [7, 11) is 0. The van der Waals surface area contributed by atoms with E-state index in [0.717, 1.165) is 58.6 Å². The average molecular weight is 487 g/mol. The van der Waals surface area contributed by atoms with Crippen molar-refractivity contribution in [2.24, 2.45) is 4.99 Å². The van der Waals surface area contributed by atoms with Gasteiger partial charge < -0.3 is 10.1 Å². The van der Waals surface area contributed by atoms with Crippen molar-refractivity contribution in [3.05, 3.63) is 64.9 Å². The number of amidine groups is 1. The minimum Gasteiger partial charge on any atom is -0.492 e. The van der Waals surface area contributed by atoms with Crippen LogP contribution in [0.5, 0.6) is 5.75 Å². The minimum atomic E-state index is -0.432. The third kappa shape index (κ3) is 7.46. The van der Waals surface area contributed by atoms with Gasteiger partial charge in [0.25, 0.3) is 0 Å². The molecule has 5 heteroatoms. The lowest BCUT2D eigenvalue weighted by Crippen LogP contribution is -2.21. The molecule has 3 nitrogen and oxygen atoms in total. The first kappa shape index (κ1) is 29.4. The predicted octanol–water partition coefficient (Wildman–Crippen LogP) is 8.91. The van der Waals surface area contributed by atoms with E-state index in [1.54, 1.807) is 12.1 Å². The monoisotopic (exact) mass is 486 g/mol. The van der Waals surface area contributed by atoms with Crippen LogP contribution in [0.15, 0.2) is 53.5 Å². The fraction of sp³-hybridized carbons (Fsp3) is 0.414. The third-order valence-electron chi connectivity index (χ3n) is 4.59. The molecule has 0 unspecified atom stereocenters. The number of fused-ring (bicyclic) bond motifs is 1. The number of hydrogen-bond donors (Lipinski definition) is 1. The molecule has 0 bridgehead atoms. The maximum atomic E-state index is 13.8. The molecule has 1 heterocycles. The van der Waals surface area contributed by atoms with E-state index in [-0.39, 0.29) is 5.02 Å². The van der Waals surface area contributed by atoms with E-state index in [4.69, 9.17) is 16.3 Å². The van der Waals surface area contributed by atoms with Gasteiger partial charge >= 0.3 is 0 Å². The molecular weight excluding hydrogens is 447 g/mol. The largest absolute Gasteiger partial charge is 0.492 e. The van der Waals surface area contributed by atoms with Crippen molar-refractivity contribution < 1.29 is 9.13 Å². The smallest absolute Gasteiger partial charge is 0.141 e. The molecule has 0 atom stereocenters. The molecule has 186 valence electrons. The van der Waals surface area contributed by atoms with Crippen molar-refractivity contribution in [3.8, 4) is 16.9 Å². The summed E-state index contributed by atoms with van der Waals surface area (Å²) in [5.41, 5.74) is 2.66. The predicted molar refractivity (Wildman–Crippen MR) is 148 cm³/mol. The number of hydrogen-bond acceptors (Lipinski definition) is 3. The lowest BCUT2D eigenvalue weighted by Gasteiger charge is -2.19. The summed E-state index contributed by atoms with van der Waals surface area (Å²) in [6.45, 7) is 16.5. The van der Waals surface area contributed by atoms with Crippen LogP contribution >= 0.6 is 11.6 Å². The van der Waals surface area contributed by atoms with Crippen LogP contribution in [-0.4, -0.2) is 25.5 Å². The quantitative estimate of drug-likeness (QED) is 0.390. The second-order valence-corrected chi connectivity index (χ2v) is 7.60. The second-order valence-electron chi connectivity index (χ2n) is 7.19. The molecule has 0 saturated heterocycles. The van der Waals surface area contributed by atoms with Gasteiger partial charge in [-0.15, -0.1) is 0 Å². The SMILES string of the molecule is CC.CC.CCC.CCCOc1c(C2=NCCN2)cc2ccccc2c1-c1ccc(F)c(Cl)c1. The molecule has 0 fully saturated rings. The van der Waals surface area contributed by atoms with Gasteiger partial charge in [0.1, 0.15) is 17.4 Å². The normalized spacial score (nSPS) is 11.6. The van der Waals surface area contributed by atoms with Gasteiger partial charge in [0.05, 0.1) is 23.7 Å². The van der Waals surface area contributed by atoms with E-state index in [0.29, 0.717) is 6.61 Å². The summed E-state index contributed by atoms with van der Waals surface area (Å²) in [5, 5.41) is 5.54. The highest BCUT2D eigenvalue weighted by atomic mass is 35.5. The van der Waals surface area contributed by atoms with Gasteiger partial charge in [-0.25, -0.2) is 4.39 Å². The van der Waals surface area contributed by atoms with E-state index in [1.807, 2.05) is 39.8 Å². The fourth-order valence-electron chi connectivity index (χ4n) is 3.38. The van der Waals surface area contributed by atoms with E-state index >= 15 is 0 Å². The number of aliphatic imine (C=N–C) groups is 1. The third-order valence-corrected chi connectivity index (χ3v) is 4.88. The Kier molecular flexibility index (Phi) is 13.9. The van der Waals surface area contributed by atoms with Crippen molar-refractivity contribution in [3.63, 3.8) is 0 Å². The zero-order valence-electron chi connectivity index (χ0n) is 21.8. The van der Waals surface area contributed by atoms with E-state index < -0.39 is 5.82 Å². The van der Waals surface area contributed by atoms with Crippen LogP contribution in [0.25, 0.3) is 21.9 Å². The summed E-state index contributed by atoms with van der Waals surface area (Å²) in [5.74, 6) is 1.16. The van der Waals surface area contributed by atoms with Crippen LogP contribution in [-0.2, 0) is 0 Å². The van der Waals surface area contributed by atoms with Crippen LogP contribution in [0.1, 0.15) is 66.9 Å². The first-order valence-corrected chi connectivity index (χ1v) is 12.9. The molecule has 0 spiro atoms. The molecule has 0 aromatic heterocycles. The average Bonchev–Trinajstić information content (AvgIpc) is 3.41. The Morgan fingerprint density at radius 3 is 2.26 bits per heavy atom. The van der Waals surface area contributed by atoms with Gasteiger partial charge in [-0.3, -0.25) is 4.99 Å². The molecule has 0 amide bonds.